The van der Waals surface area contributed by atoms with E-state index < -0.39 is 5.97 Å². The number of rotatable bonds is 6. The number of esters is 1. The van der Waals surface area contributed by atoms with Crippen molar-refractivity contribution in [3.8, 4) is 5.75 Å². The molecule has 0 fully saturated rings. The average Bonchev–Trinajstić information content (AvgIpc) is 2.34. The summed E-state index contributed by atoms with van der Waals surface area (Å²) in [7, 11) is 1.61. The lowest BCUT2D eigenvalue weighted by Crippen LogP contribution is -2.12. The molecule has 0 aromatic heterocycles. The van der Waals surface area contributed by atoms with Gasteiger partial charge in [0.05, 0.1) is 12.8 Å². The molecule has 1 rings (SSSR count). The highest BCUT2D eigenvalue weighted by molar-refractivity contribution is 5.81. The molecule has 0 aliphatic rings. The van der Waals surface area contributed by atoms with E-state index in [1.165, 1.54) is 0 Å². The van der Waals surface area contributed by atoms with Gasteiger partial charge in [0.15, 0.2) is 0 Å². The number of hydrogen-bond acceptors (Lipinski definition) is 4. The average molecular weight is 221 g/mol. The van der Waals surface area contributed by atoms with E-state index in [1.54, 1.807) is 7.11 Å². The molecule has 1 aromatic carbocycles. The number of carbonyl (C=O) groups excluding carboxylic acids is 1. The van der Waals surface area contributed by atoms with E-state index >= 15 is 0 Å². The number of ether oxygens (including phenoxy) is 2. The summed E-state index contributed by atoms with van der Waals surface area (Å²) in [6, 6.07) is 7.55. The van der Waals surface area contributed by atoms with Gasteiger partial charge in [-0.05, 0) is 12.1 Å². The Bertz CT molecular complexity index is 363. The van der Waals surface area contributed by atoms with E-state index in [1.807, 2.05) is 24.3 Å². The summed E-state index contributed by atoms with van der Waals surface area (Å²) in [5, 5.41) is 3.11. The Hall–Kier alpha value is -1.97. The molecular weight excluding hydrogens is 206 g/mol. The van der Waals surface area contributed by atoms with Crippen molar-refractivity contribution < 1.29 is 14.3 Å². The molecule has 4 nitrogen and oxygen atoms in total. The van der Waals surface area contributed by atoms with E-state index in [-0.39, 0.29) is 0 Å². The zero-order chi connectivity index (χ0) is 11.8. The lowest BCUT2D eigenvalue weighted by atomic mass is 10.3. The van der Waals surface area contributed by atoms with Crippen molar-refractivity contribution >= 4 is 11.7 Å². The third-order valence-electron chi connectivity index (χ3n) is 1.94. The van der Waals surface area contributed by atoms with Gasteiger partial charge in [-0.2, -0.15) is 0 Å². The minimum absolute atomic E-state index is 0.295. The molecule has 0 saturated heterocycles. The van der Waals surface area contributed by atoms with Crippen LogP contribution in [-0.2, 0) is 9.53 Å². The Morgan fingerprint density at radius 2 is 2.25 bits per heavy atom. The molecule has 0 atom stereocenters. The summed E-state index contributed by atoms with van der Waals surface area (Å²) < 4.78 is 9.98. The number of anilines is 1. The van der Waals surface area contributed by atoms with Gasteiger partial charge in [-0.15, -0.1) is 0 Å². The molecule has 16 heavy (non-hydrogen) atoms. The molecule has 0 aliphatic carbocycles. The third kappa shape index (κ3) is 3.65. The Morgan fingerprint density at radius 3 is 2.94 bits per heavy atom. The van der Waals surface area contributed by atoms with Crippen LogP contribution in [0.4, 0.5) is 5.69 Å². The van der Waals surface area contributed by atoms with Crippen LogP contribution < -0.4 is 10.1 Å². The first kappa shape index (κ1) is 12.1. The van der Waals surface area contributed by atoms with E-state index in [0.717, 1.165) is 17.5 Å². The predicted octanol–water partition coefficient (Wildman–Crippen LogP) is 1.84. The second-order valence-electron chi connectivity index (χ2n) is 3.00. The summed E-state index contributed by atoms with van der Waals surface area (Å²) in [6.07, 6.45) is 1.14. The first-order valence-corrected chi connectivity index (χ1v) is 4.94. The first-order valence-electron chi connectivity index (χ1n) is 4.94. The van der Waals surface area contributed by atoms with E-state index in [2.05, 4.69) is 11.9 Å². The number of methoxy groups -OCH3 is 1. The quantitative estimate of drug-likeness (QED) is 0.452. The molecule has 0 radical (unpaired) electrons. The van der Waals surface area contributed by atoms with Crippen molar-refractivity contribution in [2.75, 3.05) is 25.6 Å². The largest absolute Gasteiger partial charge is 0.495 e. The van der Waals surface area contributed by atoms with E-state index in [4.69, 9.17) is 9.47 Å². The van der Waals surface area contributed by atoms with Gasteiger partial charge in [0.25, 0.3) is 0 Å². The van der Waals surface area contributed by atoms with Crippen LogP contribution in [0.2, 0.25) is 0 Å². The predicted molar refractivity (Wildman–Crippen MR) is 62.6 cm³/mol. The number of benzene rings is 1. The molecule has 1 N–H and O–H groups in total. The van der Waals surface area contributed by atoms with Crippen LogP contribution in [0.3, 0.4) is 0 Å². The molecular formula is C12H15NO3. The SMILES string of the molecule is C=CC(=O)OCCNc1ccccc1OC. The first-order chi connectivity index (χ1) is 7.77. The smallest absolute Gasteiger partial charge is 0.330 e. The fourth-order valence-corrected chi connectivity index (χ4v) is 1.19. The fourth-order valence-electron chi connectivity index (χ4n) is 1.19. The summed E-state index contributed by atoms with van der Waals surface area (Å²) >= 11 is 0. The lowest BCUT2D eigenvalue weighted by molar-refractivity contribution is -0.137. The standard InChI is InChI=1S/C12H15NO3/c1-3-12(14)16-9-8-13-10-6-4-5-7-11(10)15-2/h3-7,13H,1,8-9H2,2H3. The Labute approximate surface area is 94.9 Å². The zero-order valence-corrected chi connectivity index (χ0v) is 9.23. The maximum absolute atomic E-state index is 10.8. The second-order valence-corrected chi connectivity index (χ2v) is 3.00. The van der Waals surface area contributed by atoms with Crippen molar-refractivity contribution in [1.29, 1.82) is 0 Å². The Morgan fingerprint density at radius 1 is 1.50 bits per heavy atom. The van der Waals surface area contributed by atoms with Gasteiger partial charge in [0, 0.05) is 12.6 Å². The minimum Gasteiger partial charge on any atom is -0.495 e. The van der Waals surface area contributed by atoms with Crippen LogP contribution in [0.5, 0.6) is 5.75 Å². The number of nitrogens with one attached hydrogen (secondary N) is 1. The summed E-state index contributed by atoms with van der Waals surface area (Å²) in [5.41, 5.74) is 0.875. The van der Waals surface area contributed by atoms with Crippen LogP contribution in [0.25, 0.3) is 0 Å². The zero-order valence-electron chi connectivity index (χ0n) is 9.23. The molecule has 4 heteroatoms. The topological polar surface area (TPSA) is 47.6 Å². The van der Waals surface area contributed by atoms with Gasteiger partial charge >= 0.3 is 5.97 Å². The summed E-state index contributed by atoms with van der Waals surface area (Å²) in [6.45, 7) is 4.13. The van der Waals surface area contributed by atoms with Gasteiger partial charge in [0.2, 0.25) is 0 Å². The van der Waals surface area contributed by atoms with Gasteiger partial charge in [-0.25, -0.2) is 4.79 Å². The summed E-state index contributed by atoms with van der Waals surface area (Å²) in [5.74, 6) is 0.347. The maximum Gasteiger partial charge on any atom is 0.330 e. The van der Waals surface area contributed by atoms with Gasteiger partial charge in [0.1, 0.15) is 12.4 Å². The highest BCUT2D eigenvalue weighted by Gasteiger charge is 2.00. The second kappa shape index (κ2) is 6.50. The van der Waals surface area contributed by atoms with Crippen molar-refractivity contribution in [3.05, 3.63) is 36.9 Å². The highest BCUT2D eigenvalue weighted by Crippen LogP contribution is 2.22. The fraction of sp³-hybridized carbons (Fsp3) is 0.250. The van der Waals surface area contributed by atoms with Crippen LogP contribution >= 0.6 is 0 Å². The monoisotopic (exact) mass is 221 g/mol. The van der Waals surface area contributed by atoms with Crippen molar-refractivity contribution in [2.45, 2.75) is 0 Å². The molecule has 0 amide bonds. The van der Waals surface area contributed by atoms with E-state index in [0.29, 0.717) is 13.2 Å². The normalized spacial score (nSPS) is 9.31. The minimum atomic E-state index is -0.415. The van der Waals surface area contributed by atoms with Gasteiger partial charge in [-0.3, -0.25) is 0 Å². The molecule has 0 bridgehead atoms. The number of hydrogen-bond donors (Lipinski definition) is 1. The Kier molecular flexibility index (Phi) is 4.92. The summed E-state index contributed by atoms with van der Waals surface area (Å²) in [4.78, 5) is 10.8. The molecule has 0 aliphatic heterocycles. The number of carbonyl (C=O) groups is 1. The maximum atomic E-state index is 10.8. The van der Waals surface area contributed by atoms with Gasteiger partial charge < -0.3 is 14.8 Å². The molecule has 0 heterocycles. The highest BCUT2D eigenvalue weighted by atomic mass is 16.5. The number of para-hydroxylation sites is 2. The molecule has 0 saturated carbocycles. The van der Waals surface area contributed by atoms with Gasteiger partial charge in [-0.1, -0.05) is 18.7 Å². The van der Waals surface area contributed by atoms with Crippen molar-refractivity contribution in [1.82, 2.24) is 0 Å². The van der Waals surface area contributed by atoms with E-state index in [9.17, 15) is 4.79 Å². The van der Waals surface area contributed by atoms with Crippen LogP contribution in [0.15, 0.2) is 36.9 Å². The van der Waals surface area contributed by atoms with Crippen LogP contribution in [0, 0.1) is 0 Å². The molecule has 1 aromatic rings. The molecule has 86 valence electrons. The van der Waals surface area contributed by atoms with Crippen LogP contribution in [-0.4, -0.2) is 26.2 Å². The third-order valence-corrected chi connectivity index (χ3v) is 1.94. The van der Waals surface area contributed by atoms with Crippen molar-refractivity contribution in [3.63, 3.8) is 0 Å². The van der Waals surface area contributed by atoms with Crippen LogP contribution in [0.1, 0.15) is 0 Å². The van der Waals surface area contributed by atoms with Crippen molar-refractivity contribution in [2.24, 2.45) is 0 Å². The lowest BCUT2D eigenvalue weighted by Gasteiger charge is -2.10. The molecule has 0 spiro atoms. The molecule has 0 unspecified atom stereocenters. The Balaban J connectivity index is 2.37.